The average Bonchev–Trinajstić information content (AvgIpc) is 2.39. The first-order valence-electron chi connectivity index (χ1n) is 6.32. The summed E-state index contributed by atoms with van der Waals surface area (Å²) >= 11 is 6.06. The molecule has 1 aliphatic heterocycles. The van der Waals surface area contributed by atoms with Gasteiger partial charge in [-0.2, -0.15) is 0 Å². The van der Waals surface area contributed by atoms with E-state index in [0.717, 1.165) is 19.5 Å². The van der Waals surface area contributed by atoms with E-state index in [2.05, 4.69) is 10.3 Å². The first-order valence-corrected chi connectivity index (χ1v) is 6.70. The van der Waals surface area contributed by atoms with Crippen molar-refractivity contribution in [3.05, 3.63) is 27.4 Å². The largest absolute Gasteiger partial charge is 0.357 e. The van der Waals surface area contributed by atoms with Gasteiger partial charge in [-0.25, -0.2) is 4.98 Å². The monoisotopic (exact) mass is 284 g/mol. The van der Waals surface area contributed by atoms with Crippen molar-refractivity contribution in [2.24, 2.45) is 0 Å². The van der Waals surface area contributed by atoms with E-state index in [1.807, 2.05) is 11.9 Å². The predicted molar refractivity (Wildman–Crippen MR) is 74.8 cm³/mol. The van der Waals surface area contributed by atoms with Crippen LogP contribution in [0.1, 0.15) is 19.3 Å². The molecule has 1 unspecified atom stereocenters. The Labute approximate surface area is 116 Å². The van der Waals surface area contributed by atoms with Crippen molar-refractivity contribution in [3.8, 4) is 0 Å². The van der Waals surface area contributed by atoms with E-state index in [9.17, 15) is 10.1 Å². The van der Waals surface area contributed by atoms with Crippen LogP contribution in [0.15, 0.2) is 12.3 Å². The summed E-state index contributed by atoms with van der Waals surface area (Å²) in [5, 5.41) is 14.4. The summed E-state index contributed by atoms with van der Waals surface area (Å²) in [6.07, 6.45) is 4.82. The summed E-state index contributed by atoms with van der Waals surface area (Å²) < 4.78 is 0. The molecule has 0 radical (unpaired) electrons. The highest BCUT2D eigenvalue weighted by Gasteiger charge is 2.18. The lowest BCUT2D eigenvalue weighted by Crippen LogP contribution is -2.42. The zero-order chi connectivity index (χ0) is 13.8. The van der Waals surface area contributed by atoms with Crippen LogP contribution in [0.3, 0.4) is 0 Å². The van der Waals surface area contributed by atoms with E-state index < -0.39 is 4.92 Å². The van der Waals surface area contributed by atoms with Crippen molar-refractivity contribution in [2.45, 2.75) is 25.3 Å². The molecular weight excluding hydrogens is 268 g/mol. The third-order valence-corrected chi connectivity index (χ3v) is 3.56. The Morgan fingerprint density at radius 3 is 3.00 bits per heavy atom. The molecule has 0 amide bonds. The number of hydrogen-bond acceptors (Lipinski definition) is 5. The molecule has 0 aromatic carbocycles. The first kappa shape index (κ1) is 14.0. The van der Waals surface area contributed by atoms with Gasteiger partial charge >= 0.3 is 0 Å². The van der Waals surface area contributed by atoms with Crippen LogP contribution in [-0.4, -0.2) is 36.1 Å². The Morgan fingerprint density at radius 1 is 1.63 bits per heavy atom. The van der Waals surface area contributed by atoms with Crippen LogP contribution in [0.25, 0.3) is 0 Å². The van der Waals surface area contributed by atoms with E-state index in [1.165, 1.54) is 25.1 Å². The summed E-state index contributed by atoms with van der Waals surface area (Å²) in [4.78, 5) is 16.2. The second kappa shape index (κ2) is 6.16. The summed E-state index contributed by atoms with van der Waals surface area (Å²) in [6.45, 7) is 1.84. The number of likely N-dealkylation sites (N-methyl/N-ethyl adjacent to an activating group) is 1. The highest BCUT2D eigenvalue weighted by molar-refractivity contribution is 6.33. The number of nitrogens with zero attached hydrogens (tertiary/aromatic N) is 3. The van der Waals surface area contributed by atoms with Crippen molar-refractivity contribution in [3.63, 3.8) is 0 Å². The van der Waals surface area contributed by atoms with Gasteiger partial charge in [0.25, 0.3) is 5.69 Å². The Kier molecular flexibility index (Phi) is 4.55. The van der Waals surface area contributed by atoms with Crippen molar-refractivity contribution >= 4 is 23.1 Å². The summed E-state index contributed by atoms with van der Waals surface area (Å²) in [7, 11) is 1.90. The molecule has 0 aliphatic carbocycles. The van der Waals surface area contributed by atoms with Gasteiger partial charge < -0.3 is 10.2 Å². The van der Waals surface area contributed by atoms with Crippen molar-refractivity contribution in [2.75, 3.05) is 25.0 Å². The van der Waals surface area contributed by atoms with Gasteiger partial charge in [0.05, 0.1) is 9.95 Å². The molecule has 1 aromatic heterocycles. The summed E-state index contributed by atoms with van der Waals surface area (Å²) in [5.74, 6) is 0.583. The molecule has 19 heavy (non-hydrogen) atoms. The fourth-order valence-electron chi connectivity index (χ4n) is 2.30. The van der Waals surface area contributed by atoms with Gasteiger partial charge in [-0.3, -0.25) is 10.1 Å². The van der Waals surface area contributed by atoms with Gasteiger partial charge in [0.2, 0.25) is 0 Å². The van der Waals surface area contributed by atoms with Crippen LogP contribution in [0.5, 0.6) is 0 Å². The first-order chi connectivity index (χ1) is 9.08. The molecular formula is C12H17ClN4O2. The molecule has 1 aromatic rings. The maximum atomic E-state index is 10.6. The fourth-order valence-corrected chi connectivity index (χ4v) is 2.60. The zero-order valence-corrected chi connectivity index (χ0v) is 11.6. The minimum absolute atomic E-state index is 0.0852. The lowest BCUT2D eigenvalue weighted by Gasteiger charge is -2.29. The number of nitro groups is 1. The van der Waals surface area contributed by atoms with Crippen LogP contribution in [0.4, 0.5) is 11.5 Å². The Morgan fingerprint density at radius 2 is 2.42 bits per heavy atom. The van der Waals surface area contributed by atoms with Crippen LogP contribution in [0.2, 0.25) is 5.02 Å². The smallest absolute Gasteiger partial charge is 0.289 e. The molecule has 2 rings (SSSR count). The number of aromatic nitrogens is 1. The lowest BCUT2D eigenvalue weighted by molar-refractivity contribution is -0.385. The highest BCUT2D eigenvalue weighted by Crippen LogP contribution is 2.26. The number of nitrogens with one attached hydrogen (secondary N) is 1. The van der Waals surface area contributed by atoms with E-state index in [-0.39, 0.29) is 5.69 Å². The van der Waals surface area contributed by atoms with Crippen molar-refractivity contribution in [1.29, 1.82) is 0 Å². The van der Waals surface area contributed by atoms with Crippen LogP contribution in [-0.2, 0) is 0 Å². The SMILES string of the molecule is CN(CC1CCCCN1)c1ncc([N+](=O)[O-])cc1Cl. The lowest BCUT2D eigenvalue weighted by atomic mass is 10.0. The minimum Gasteiger partial charge on any atom is -0.357 e. The topological polar surface area (TPSA) is 71.3 Å². The Bertz CT molecular complexity index is 463. The quantitative estimate of drug-likeness (QED) is 0.678. The van der Waals surface area contributed by atoms with Crippen molar-refractivity contribution in [1.82, 2.24) is 10.3 Å². The van der Waals surface area contributed by atoms with Crippen LogP contribution >= 0.6 is 11.6 Å². The van der Waals surface area contributed by atoms with E-state index >= 15 is 0 Å². The maximum absolute atomic E-state index is 10.6. The van der Waals surface area contributed by atoms with Gasteiger partial charge in [-0.05, 0) is 19.4 Å². The molecule has 0 spiro atoms. The third kappa shape index (κ3) is 3.54. The molecule has 2 heterocycles. The number of pyridine rings is 1. The molecule has 1 saturated heterocycles. The maximum Gasteiger partial charge on any atom is 0.289 e. The molecule has 1 aliphatic rings. The van der Waals surface area contributed by atoms with Gasteiger partial charge in [-0.15, -0.1) is 0 Å². The van der Waals surface area contributed by atoms with E-state index in [4.69, 9.17) is 11.6 Å². The number of rotatable bonds is 4. The molecule has 1 fully saturated rings. The highest BCUT2D eigenvalue weighted by atomic mass is 35.5. The normalized spacial score (nSPS) is 19.2. The molecule has 6 nitrogen and oxygen atoms in total. The number of anilines is 1. The summed E-state index contributed by atoms with van der Waals surface area (Å²) in [6, 6.07) is 1.76. The Balaban J connectivity index is 2.05. The number of hydrogen-bond donors (Lipinski definition) is 1. The molecule has 0 saturated carbocycles. The van der Waals surface area contributed by atoms with Crippen molar-refractivity contribution < 1.29 is 4.92 Å². The molecule has 104 valence electrons. The number of piperidine rings is 1. The fraction of sp³-hybridized carbons (Fsp3) is 0.583. The van der Waals surface area contributed by atoms with E-state index in [1.54, 1.807) is 0 Å². The molecule has 1 atom stereocenters. The van der Waals surface area contributed by atoms with Gasteiger partial charge in [0.15, 0.2) is 0 Å². The second-order valence-corrected chi connectivity index (χ2v) is 5.19. The zero-order valence-electron chi connectivity index (χ0n) is 10.8. The van der Waals surface area contributed by atoms with Crippen LogP contribution < -0.4 is 10.2 Å². The standard InChI is InChI=1S/C12H17ClN4O2/c1-16(8-9-4-2-3-5-14-9)12-11(13)6-10(7-15-12)17(18)19/h6-7,9,14H,2-5,8H2,1H3. The molecule has 1 N–H and O–H groups in total. The Hall–Kier alpha value is -1.40. The molecule has 7 heteroatoms. The van der Waals surface area contributed by atoms with E-state index in [0.29, 0.717) is 16.9 Å². The van der Waals surface area contributed by atoms with Gasteiger partial charge in [0, 0.05) is 25.7 Å². The van der Waals surface area contributed by atoms with Gasteiger partial charge in [0.1, 0.15) is 12.0 Å². The summed E-state index contributed by atoms with van der Waals surface area (Å²) in [5.41, 5.74) is -0.0852. The third-order valence-electron chi connectivity index (χ3n) is 3.29. The minimum atomic E-state index is -0.495. The van der Waals surface area contributed by atoms with Crippen LogP contribution in [0, 0.1) is 10.1 Å². The second-order valence-electron chi connectivity index (χ2n) is 4.78. The number of halogens is 1. The molecule has 0 bridgehead atoms. The average molecular weight is 285 g/mol. The predicted octanol–water partition coefficient (Wildman–Crippen LogP) is 2.22. The van der Waals surface area contributed by atoms with Gasteiger partial charge in [-0.1, -0.05) is 18.0 Å².